The maximum Gasteiger partial charge on any atom is 0.573 e. The van der Waals surface area contributed by atoms with Gasteiger partial charge >= 0.3 is 6.36 Å². The number of nitrogens with zero attached hydrogens (tertiary/aromatic N) is 1. The zero-order valence-corrected chi connectivity index (χ0v) is 14.6. The first-order valence-electron chi connectivity index (χ1n) is 6.81. The van der Waals surface area contributed by atoms with Crippen LogP contribution < -0.4 is 4.74 Å². The Morgan fingerprint density at radius 2 is 1.67 bits per heavy atom. The van der Waals surface area contributed by atoms with E-state index in [1.54, 1.807) is 30.3 Å². The van der Waals surface area contributed by atoms with Crippen molar-refractivity contribution in [2.24, 2.45) is 0 Å². The number of hydrogen-bond donors (Lipinski definition) is 0. The standard InChI is InChI=1S/C18H11F3NO.Ir/c19-18(20,21)23-17-9-5-4-8-15(17)14-10-11-16(22-12-14)13-6-2-1-3-7-13;/h1-6,8-12H;/q-1;. The van der Waals surface area contributed by atoms with Gasteiger partial charge in [-0.05, 0) is 11.8 Å². The van der Waals surface area contributed by atoms with E-state index in [2.05, 4.69) is 15.8 Å². The number of benzene rings is 2. The SMILES string of the molecule is FC(F)(F)Oc1ccccc1-c1ccc(-c2[c-]cccc2)nc1.[Ir]. The van der Waals surface area contributed by atoms with Gasteiger partial charge in [0.2, 0.25) is 0 Å². The van der Waals surface area contributed by atoms with Crippen LogP contribution in [0, 0.1) is 6.07 Å². The van der Waals surface area contributed by atoms with E-state index in [0.717, 1.165) is 5.56 Å². The van der Waals surface area contributed by atoms with Gasteiger partial charge in [0.25, 0.3) is 0 Å². The molecular weight excluding hydrogens is 495 g/mol. The van der Waals surface area contributed by atoms with E-state index in [4.69, 9.17) is 0 Å². The fourth-order valence-corrected chi connectivity index (χ4v) is 2.18. The molecule has 2 nitrogen and oxygen atoms in total. The van der Waals surface area contributed by atoms with Crippen molar-refractivity contribution in [3.8, 4) is 28.1 Å². The Labute approximate surface area is 150 Å². The molecule has 0 amide bonds. The molecule has 0 aliphatic carbocycles. The summed E-state index contributed by atoms with van der Waals surface area (Å²) in [5.74, 6) is -0.249. The first kappa shape index (κ1) is 18.2. The Morgan fingerprint density at radius 1 is 0.917 bits per heavy atom. The van der Waals surface area contributed by atoms with E-state index in [0.29, 0.717) is 16.8 Å². The Hall–Kier alpha value is -2.17. The Morgan fingerprint density at radius 3 is 2.29 bits per heavy atom. The van der Waals surface area contributed by atoms with Crippen LogP contribution in [0.3, 0.4) is 0 Å². The largest absolute Gasteiger partial charge is 0.573 e. The molecule has 0 spiro atoms. The number of hydrogen-bond acceptors (Lipinski definition) is 2. The fourth-order valence-electron chi connectivity index (χ4n) is 2.18. The van der Waals surface area contributed by atoms with Crippen molar-refractivity contribution >= 4 is 0 Å². The summed E-state index contributed by atoms with van der Waals surface area (Å²) in [7, 11) is 0. The van der Waals surface area contributed by atoms with E-state index in [-0.39, 0.29) is 25.9 Å². The van der Waals surface area contributed by atoms with Gasteiger partial charge < -0.3 is 9.72 Å². The molecule has 6 heteroatoms. The van der Waals surface area contributed by atoms with Gasteiger partial charge in [0.15, 0.2) is 0 Å². The van der Waals surface area contributed by atoms with Crippen molar-refractivity contribution in [2.75, 3.05) is 0 Å². The first-order chi connectivity index (χ1) is 11.0. The van der Waals surface area contributed by atoms with E-state index in [1.165, 1.54) is 18.3 Å². The molecule has 1 heterocycles. The van der Waals surface area contributed by atoms with E-state index in [1.807, 2.05) is 18.2 Å². The minimum atomic E-state index is -4.73. The summed E-state index contributed by atoms with van der Waals surface area (Å²) in [6, 6.07) is 19.8. The van der Waals surface area contributed by atoms with E-state index < -0.39 is 6.36 Å². The predicted molar refractivity (Wildman–Crippen MR) is 80.6 cm³/mol. The van der Waals surface area contributed by atoms with Crippen LogP contribution in [-0.2, 0) is 20.1 Å². The van der Waals surface area contributed by atoms with E-state index in [9.17, 15) is 13.2 Å². The third-order valence-corrected chi connectivity index (χ3v) is 3.17. The number of ether oxygens (including phenoxy) is 1. The van der Waals surface area contributed by atoms with Crippen LogP contribution in [0.25, 0.3) is 22.4 Å². The van der Waals surface area contributed by atoms with Crippen molar-refractivity contribution < 1.29 is 38.0 Å². The van der Waals surface area contributed by atoms with Gasteiger partial charge in [-0.15, -0.1) is 49.1 Å². The van der Waals surface area contributed by atoms with Crippen molar-refractivity contribution in [1.29, 1.82) is 0 Å². The molecule has 24 heavy (non-hydrogen) atoms. The molecule has 0 fully saturated rings. The number of pyridine rings is 1. The number of alkyl halides is 3. The third kappa shape index (κ3) is 4.43. The summed E-state index contributed by atoms with van der Waals surface area (Å²) >= 11 is 0. The summed E-state index contributed by atoms with van der Waals surface area (Å²) in [5, 5.41) is 0. The summed E-state index contributed by atoms with van der Waals surface area (Å²) in [4.78, 5) is 4.29. The Kier molecular flexibility index (Phi) is 5.75. The predicted octanol–water partition coefficient (Wildman–Crippen LogP) is 5.11. The third-order valence-electron chi connectivity index (χ3n) is 3.17. The monoisotopic (exact) mass is 507 g/mol. The minimum Gasteiger partial charge on any atom is -0.405 e. The molecule has 0 N–H and O–H groups in total. The molecule has 0 saturated carbocycles. The second kappa shape index (κ2) is 7.60. The Bertz CT molecular complexity index is 789. The van der Waals surface area contributed by atoms with Crippen LogP contribution in [-0.4, -0.2) is 11.3 Å². The van der Waals surface area contributed by atoms with Crippen LogP contribution in [0.4, 0.5) is 13.2 Å². The van der Waals surface area contributed by atoms with Crippen LogP contribution in [0.2, 0.25) is 0 Å². The molecule has 0 aliphatic heterocycles. The van der Waals surface area contributed by atoms with Gasteiger partial charge in [-0.1, -0.05) is 30.3 Å². The second-order valence-electron chi connectivity index (χ2n) is 4.75. The molecule has 0 saturated heterocycles. The normalized spacial score (nSPS) is 10.8. The minimum absolute atomic E-state index is 0. The molecule has 3 rings (SSSR count). The van der Waals surface area contributed by atoms with Gasteiger partial charge in [-0.25, -0.2) is 0 Å². The van der Waals surface area contributed by atoms with Crippen molar-refractivity contribution in [1.82, 2.24) is 4.98 Å². The Balaban J connectivity index is 0.00000208. The summed E-state index contributed by atoms with van der Waals surface area (Å²) < 4.78 is 41.5. The molecule has 1 radical (unpaired) electrons. The molecule has 125 valence electrons. The van der Waals surface area contributed by atoms with Gasteiger partial charge in [0.1, 0.15) is 5.75 Å². The molecule has 2 aromatic carbocycles. The van der Waals surface area contributed by atoms with Crippen LogP contribution >= 0.6 is 0 Å². The maximum atomic E-state index is 12.5. The van der Waals surface area contributed by atoms with Crippen molar-refractivity contribution in [2.45, 2.75) is 6.36 Å². The molecular formula is C18H11F3IrNO-. The van der Waals surface area contributed by atoms with Gasteiger partial charge in [-0.3, -0.25) is 0 Å². The molecule has 3 aromatic rings. The van der Waals surface area contributed by atoms with Gasteiger partial charge in [0.05, 0.1) is 0 Å². The van der Waals surface area contributed by atoms with Crippen LogP contribution in [0.1, 0.15) is 0 Å². The van der Waals surface area contributed by atoms with Gasteiger partial charge in [0, 0.05) is 37.4 Å². The molecule has 1 aromatic heterocycles. The number of halogens is 3. The maximum absolute atomic E-state index is 12.5. The topological polar surface area (TPSA) is 22.1 Å². The molecule has 0 bridgehead atoms. The molecule has 0 unspecified atom stereocenters. The van der Waals surface area contributed by atoms with E-state index >= 15 is 0 Å². The fraction of sp³-hybridized carbons (Fsp3) is 0.0556. The average Bonchev–Trinajstić information content (AvgIpc) is 2.55. The average molecular weight is 507 g/mol. The zero-order chi connectivity index (χ0) is 16.3. The molecule has 0 aliphatic rings. The summed E-state index contributed by atoms with van der Waals surface area (Å²) in [5.41, 5.74) is 2.40. The zero-order valence-electron chi connectivity index (χ0n) is 12.2. The first-order valence-corrected chi connectivity index (χ1v) is 6.81. The smallest absolute Gasteiger partial charge is 0.405 e. The quantitative estimate of drug-likeness (QED) is 0.461. The summed E-state index contributed by atoms with van der Waals surface area (Å²) in [6.07, 6.45) is -3.21. The van der Waals surface area contributed by atoms with Crippen molar-refractivity contribution in [3.63, 3.8) is 0 Å². The van der Waals surface area contributed by atoms with Crippen molar-refractivity contribution in [3.05, 3.63) is 72.9 Å². The molecule has 0 atom stereocenters. The van der Waals surface area contributed by atoms with Crippen LogP contribution in [0.15, 0.2) is 66.9 Å². The number of para-hydroxylation sites is 1. The van der Waals surface area contributed by atoms with Gasteiger partial charge in [-0.2, -0.15) is 0 Å². The summed E-state index contributed by atoms with van der Waals surface area (Å²) in [6.45, 7) is 0. The number of rotatable bonds is 3. The number of aromatic nitrogens is 1. The van der Waals surface area contributed by atoms with Crippen LogP contribution in [0.5, 0.6) is 5.75 Å². The second-order valence-corrected chi connectivity index (χ2v) is 4.75.